The van der Waals surface area contributed by atoms with Crippen molar-refractivity contribution in [2.75, 3.05) is 30.3 Å². The smallest absolute Gasteiger partial charge is 0.324 e. The molecule has 3 N–H and O–H groups in total. The fraction of sp³-hybridized carbons (Fsp3) is 0.409. The first-order valence-electron chi connectivity index (χ1n) is 10.2. The molecule has 7 nitrogen and oxygen atoms in total. The zero-order chi connectivity index (χ0) is 23.6. The minimum absolute atomic E-state index is 0.0765. The zero-order valence-corrected chi connectivity index (χ0v) is 20.7. The summed E-state index contributed by atoms with van der Waals surface area (Å²) >= 11 is 13.8. The molecule has 0 unspecified atom stereocenters. The molecule has 1 fully saturated rings. The number of rotatable bonds is 3. The summed E-state index contributed by atoms with van der Waals surface area (Å²) in [5, 5.41) is 9.32. The molecule has 0 spiro atoms. The molecule has 10 heteroatoms. The number of carbonyl (C=O) groups excluding carboxylic acids is 3. The molecule has 4 amide bonds. The summed E-state index contributed by atoms with van der Waals surface area (Å²) in [7, 11) is 0. The Labute approximate surface area is 201 Å². The van der Waals surface area contributed by atoms with Gasteiger partial charge in [0.2, 0.25) is 5.91 Å². The number of benzene rings is 1. The third-order valence-electron chi connectivity index (χ3n) is 5.05. The number of amides is 4. The van der Waals surface area contributed by atoms with Crippen LogP contribution >= 0.6 is 34.5 Å². The van der Waals surface area contributed by atoms with E-state index in [0.717, 1.165) is 10.4 Å². The second kappa shape index (κ2) is 9.68. The topological polar surface area (TPSA) is 90.5 Å². The van der Waals surface area contributed by atoms with Crippen LogP contribution in [0.25, 0.3) is 0 Å². The Hall–Kier alpha value is -2.29. The quantitative estimate of drug-likeness (QED) is 0.540. The normalized spacial score (nSPS) is 14.6. The molecule has 1 aliphatic heterocycles. The van der Waals surface area contributed by atoms with Crippen LogP contribution in [0.1, 0.15) is 48.0 Å². The summed E-state index contributed by atoms with van der Waals surface area (Å²) in [5.74, 6) is -0.299. The van der Waals surface area contributed by atoms with Crippen LogP contribution in [0, 0.1) is 6.92 Å². The molecular weight excluding hydrogens is 471 g/mol. The van der Waals surface area contributed by atoms with E-state index in [9.17, 15) is 14.4 Å². The van der Waals surface area contributed by atoms with Crippen molar-refractivity contribution in [1.29, 1.82) is 0 Å². The Bertz CT molecular complexity index is 1060. The number of thiophene rings is 1. The highest BCUT2D eigenvalue weighted by Gasteiger charge is 2.28. The Morgan fingerprint density at radius 2 is 1.84 bits per heavy atom. The number of anilines is 2. The van der Waals surface area contributed by atoms with Crippen LogP contribution in [0.5, 0.6) is 0 Å². The third kappa shape index (κ3) is 5.54. The van der Waals surface area contributed by atoms with E-state index < -0.39 is 6.03 Å². The monoisotopic (exact) mass is 496 g/mol. The third-order valence-corrected chi connectivity index (χ3v) is 7.50. The number of hydrogen-bond acceptors (Lipinski definition) is 4. The Balaban J connectivity index is 1.86. The molecule has 1 aromatic carbocycles. The maximum atomic E-state index is 13.3. The van der Waals surface area contributed by atoms with Gasteiger partial charge in [-0.25, -0.2) is 4.79 Å². The van der Waals surface area contributed by atoms with Crippen LogP contribution < -0.4 is 16.0 Å². The number of aryl methyl sites for hydroxylation is 1. The van der Waals surface area contributed by atoms with E-state index in [1.165, 1.54) is 11.3 Å². The summed E-state index contributed by atoms with van der Waals surface area (Å²) in [5.41, 5.74) is 1.36. The summed E-state index contributed by atoms with van der Waals surface area (Å²) in [6.45, 7) is 9.08. The molecule has 0 bridgehead atoms. The SMILES string of the molecule is Cc1ccc(NC(=O)Nc2sc(C(C)(C)C)cc2C(=O)N2CCNC(=O)CC2)c(Cl)c1Cl. The van der Waals surface area contributed by atoms with Crippen molar-refractivity contribution in [1.82, 2.24) is 10.2 Å². The lowest BCUT2D eigenvalue weighted by atomic mass is 9.94. The predicted octanol–water partition coefficient (Wildman–Crippen LogP) is 5.27. The summed E-state index contributed by atoms with van der Waals surface area (Å²) < 4.78 is 0. The van der Waals surface area contributed by atoms with E-state index in [0.29, 0.717) is 40.9 Å². The van der Waals surface area contributed by atoms with Gasteiger partial charge in [-0.05, 0) is 30.0 Å². The second-order valence-corrected chi connectivity index (χ2v) is 10.4. The van der Waals surface area contributed by atoms with Gasteiger partial charge in [-0.2, -0.15) is 0 Å². The highest BCUT2D eigenvalue weighted by molar-refractivity contribution is 7.16. The highest BCUT2D eigenvalue weighted by atomic mass is 35.5. The summed E-state index contributed by atoms with van der Waals surface area (Å²) in [6, 6.07) is 4.72. The first-order valence-corrected chi connectivity index (χ1v) is 11.8. The van der Waals surface area contributed by atoms with E-state index in [1.54, 1.807) is 17.0 Å². The van der Waals surface area contributed by atoms with Crippen molar-refractivity contribution in [3.63, 3.8) is 0 Å². The highest BCUT2D eigenvalue weighted by Crippen LogP contribution is 2.37. The number of nitrogens with zero attached hydrogens (tertiary/aromatic N) is 1. The van der Waals surface area contributed by atoms with Gasteiger partial charge < -0.3 is 15.5 Å². The molecule has 1 saturated heterocycles. The molecule has 1 aromatic heterocycles. The van der Waals surface area contributed by atoms with Gasteiger partial charge in [0.05, 0.1) is 21.3 Å². The van der Waals surface area contributed by atoms with Crippen LogP contribution in [0.3, 0.4) is 0 Å². The van der Waals surface area contributed by atoms with E-state index in [-0.39, 0.29) is 28.7 Å². The first kappa shape index (κ1) is 24.4. The average molecular weight is 497 g/mol. The molecule has 3 rings (SSSR count). The summed E-state index contributed by atoms with van der Waals surface area (Å²) in [4.78, 5) is 40.3. The van der Waals surface area contributed by atoms with E-state index in [1.807, 2.05) is 33.8 Å². The summed E-state index contributed by atoms with van der Waals surface area (Å²) in [6.07, 6.45) is 0.248. The van der Waals surface area contributed by atoms with Crippen LogP contribution in [-0.2, 0) is 10.2 Å². The maximum absolute atomic E-state index is 13.3. The Kier molecular flexibility index (Phi) is 7.37. The van der Waals surface area contributed by atoms with Crippen LogP contribution in [0.15, 0.2) is 18.2 Å². The Morgan fingerprint density at radius 3 is 2.53 bits per heavy atom. The number of halogens is 2. The lowest BCUT2D eigenvalue weighted by Crippen LogP contribution is -2.34. The molecule has 0 aliphatic carbocycles. The van der Waals surface area contributed by atoms with E-state index in [2.05, 4.69) is 16.0 Å². The lowest BCUT2D eigenvalue weighted by Gasteiger charge is -2.20. The second-order valence-electron chi connectivity index (χ2n) is 8.63. The van der Waals surface area contributed by atoms with Gasteiger partial charge in [0.25, 0.3) is 5.91 Å². The predicted molar refractivity (Wildman–Crippen MR) is 130 cm³/mol. The van der Waals surface area contributed by atoms with Gasteiger partial charge in [-0.3, -0.25) is 14.9 Å². The van der Waals surface area contributed by atoms with Gasteiger partial charge in [0, 0.05) is 30.9 Å². The molecule has 2 heterocycles. The molecule has 0 radical (unpaired) electrons. The zero-order valence-electron chi connectivity index (χ0n) is 18.4. The van der Waals surface area contributed by atoms with Crippen molar-refractivity contribution < 1.29 is 14.4 Å². The van der Waals surface area contributed by atoms with E-state index in [4.69, 9.17) is 23.2 Å². The van der Waals surface area contributed by atoms with Gasteiger partial charge in [0.1, 0.15) is 5.00 Å². The molecule has 2 aromatic rings. The van der Waals surface area contributed by atoms with Crippen molar-refractivity contribution in [3.8, 4) is 0 Å². The number of hydrogen-bond donors (Lipinski definition) is 3. The molecular formula is C22H26Cl2N4O3S. The number of nitrogens with one attached hydrogen (secondary N) is 3. The number of carbonyl (C=O) groups is 3. The molecule has 1 aliphatic rings. The van der Waals surface area contributed by atoms with Gasteiger partial charge in [-0.1, -0.05) is 50.0 Å². The van der Waals surface area contributed by atoms with Crippen molar-refractivity contribution in [2.45, 2.75) is 39.5 Å². The van der Waals surface area contributed by atoms with E-state index >= 15 is 0 Å². The minimum atomic E-state index is -0.532. The average Bonchev–Trinajstić information content (AvgIpc) is 3.02. The first-order chi connectivity index (χ1) is 15.0. The molecule has 172 valence electrons. The van der Waals surface area contributed by atoms with Gasteiger partial charge in [0.15, 0.2) is 0 Å². The van der Waals surface area contributed by atoms with Crippen molar-refractivity contribution in [3.05, 3.63) is 44.2 Å². The number of urea groups is 1. The standard InChI is InChI=1S/C22H26Cl2N4O3S/c1-12-5-6-14(18(24)17(12)23)26-21(31)27-19-13(11-15(32-19)22(2,3)4)20(30)28-9-7-16(29)25-8-10-28/h5-6,11H,7-10H2,1-4H3,(H,25,29)(H2,26,27,31). The fourth-order valence-corrected chi connectivity index (χ4v) is 4.68. The molecule has 0 atom stereocenters. The molecule has 32 heavy (non-hydrogen) atoms. The van der Waals surface area contributed by atoms with Crippen LogP contribution in [-0.4, -0.2) is 42.4 Å². The van der Waals surface area contributed by atoms with Gasteiger partial charge in [-0.15, -0.1) is 11.3 Å². The van der Waals surface area contributed by atoms with Crippen LogP contribution in [0.2, 0.25) is 10.0 Å². The minimum Gasteiger partial charge on any atom is -0.354 e. The lowest BCUT2D eigenvalue weighted by molar-refractivity contribution is -0.120. The largest absolute Gasteiger partial charge is 0.354 e. The maximum Gasteiger partial charge on any atom is 0.324 e. The Morgan fingerprint density at radius 1 is 1.12 bits per heavy atom. The molecule has 0 saturated carbocycles. The fourth-order valence-electron chi connectivity index (χ4n) is 3.15. The van der Waals surface area contributed by atoms with Gasteiger partial charge >= 0.3 is 6.03 Å². The van der Waals surface area contributed by atoms with Crippen LogP contribution in [0.4, 0.5) is 15.5 Å². The van der Waals surface area contributed by atoms with Crippen molar-refractivity contribution in [2.24, 2.45) is 0 Å². The van der Waals surface area contributed by atoms with Crippen molar-refractivity contribution >= 4 is 63.1 Å².